The largest absolute Gasteiger partial charge is 0.298 e. The van der Waals surface area contributed by atoms with Gasteiger partial charge < -0.3 is 0 Å². The zero-order chi connectivity index (χ0) is 14.5. The Hall–Kier alpha value is -2.67. The van der Waals surface area contributed by atoms with Crippen molar-refractivity contribution in [1.82, 2.24) is 0 Å². The van der Waals surface area contributed by atoms with Crippen molar-refractivity contribution in [2.45, 2.75) is 6.42 Å². The van der Waals surface area contributed by atoms with Gasteiger partial charge in [-0.2, -0.15) is 0 Å². The molecule has 1 heteroatoms. The van der Waals surface area contributed by atoms with Gasteiger partial charge in [-0.3, -0.25) is 4.79 Å². The smallest absolute Gasteiger partial charge is 0.150 e. The lowest BCUT2D eigenvalue weighted by Gasteiger charge is -2.15. The highest BCUT2D eigenvalue weighted by Crippen LogP contribution is 2.31. The van der Waals surface area contributed by atoms with E-state index < -0.39 is 0 Å². The van der Waals surface area contributed by atoms with Gasteiger partial charge in [0.1, 0.15) is 6.29 Å². The van der Waals surface area contributed by atoms with Crippen molar-refractivity contribution in [2.24, 2.45) is 0 Å². The summed E-state index contributed by atoms with van der Waals surface area (Å²) in [5.74, 6) is 0. The van der Waals surface area contributed by atoms with Gasteiger partial charge >= 0.3 is 0 Å². The molecule has 0 atom stereocenters. The fraction of sp³-hybridized carbons (Fsp3) is 0.0500. The van der Waals surface area contributed by atoms with Crippen LogP contribution in [0.2, 0.25) is 0 Å². The molecule has 0 fully saturated rings. The molecule has 1 aliphatic carbocycles. The number of carbonyl (C=O) groups is 1. The van der Waals surface area contributed by atoms with Gasteiger partial charge in [-0.25, -0.2) is 0 Å². The van der Waals surface area contributed by atoms with E-state index in [4.69, 9.17) is 0 Å². The quantitative estimate of drug-likeness (QED) is 0.741. The number of hydrogen-bond acceptors (Lipinski definition) is 1. The van der Waals surface area contributed by atoms with E-state index in [2.05, 4.69) is 30.3 Å². The zero-order valence-corrected chi connectivity index (χ0v) is 11.7. The summed E-state index contributed by atoms with van der Waals surface area (Å²) >= 11 is 0. The van der Waals surface area contributed by atoms with Crippen molar-refractivity contribution < 1.29 is 4.79 Å². The van der Waals surface area contributed by atoms with Crippen LogP contribution in [0.5, 0.6) is 0 Å². The summed E-state index contributed by atoms with van der Waals surface area (Å²) < 4.78 is 0. The van der Waals surface area contributed by atoms with Gasteiger partial charge in [-0.05, 0) is 28.7 Å². The lowest BCUT2D eigenvalue weighted by molar-refractivity contribution is -0.104. The molecule has 102 valence electrons. The van der Waals surface area contributed by atoms with Crippen molar-refractivity contribution in [3.63, 3.8) is 0 Å². The highest BCUT2D eigenvalue weighted by atomic mass is 16.1. The molecule has 0 radical (unpaired) electrons. The van der Waals surface area contributed by atoms with Crippen molar-refractivity contribution >= 4 is 17.9 Å². The number of benzene rings is 2. The van der Waals surface area contributed by atoms with Gasteiger partial charge in [0.2, 0.25) is 0 Å². The van der Waals surface area contributed by atoms with E-state index in [1.807, 2.05) is 48.6 Å². The summed E-state index contributed by atoms with van der Waals surface area (Å²) in [5.41, 5.74) is 5.37. The lowest BCUT2D eigenvalue weighted by Crippen LogP contribution is -1.98. The average molecular weight is 272 g/mol. The molecule has 0 N–H and O–H groups in total. The first-order valence-electron chi connectivity index (χ1n) is 7.04. The van der Waals surface area contributed by atoms with Gasteiger partial charge in [-0.1, -0.05) is 78.9 Å². The molecule has 3 rings (SSSR count). The third kappa shape index (κ3) is 3.09. The van der Waals surface area contributed by atoms with Gasteiger partial charge in [-0.15, -0.1) is 0 Å². The number of hydrogen-bond donors (Lipinski definition) is 0. The number of aldehydes is 1. The highest BCUT2D eigenvalue weighted by molar-refractivity contribution is 5.94. The molecule has 0 heterocycles. The van der Waals surface area contributed by atoms with Crippen LogP contribution in [0.4, 0.5) is 0 Å². The van der Waals surface area contributed by atoms with Gasteiger partial charge in [0.25, 0.3) is 0 Å². The molecule has 0 saturated carbocycles. The van der Waals surface area contributed by atoms with E-state index in [0.29, 0.717) is 0 Å². The topological polar surface area (TPSA) is 17.1 Å². The maximum atomic E-state index is 11.3. The third-order valence-corrected chi connectivity index (χ3v) is 3.61. The Morgan fingerprint density at radius 3 is 2.14 bits per heavy atom. The fourth-order valence-corrected chi connectivity index (χ4v) is 2.54. The minimum Gasteiger partial charge on any atom is -0.298 e. The zero-order valence-electron chi connectivity index (χ0n) is 11.7. The molecule has 0 spiro atoms. The summed E-state index contributed by atoms with van der Waals surface area (Å²) in [6, 6.07) is 20.4. The Labute approximate surface area is 124 Å². The minimum absolute atomic E-state index is 0.770. The van der Waals surface area contributed by atoms with Gasteiger partial charge in [0.05, 0.1) is 0 Å². The molecular formula is C20H16O. The summed E-state index contributed by atoms with van der Waals surface area (Å²) in [5, 5.41) is 0. The van der Waals surface area contributed by atoms with Crippen LogP contribution in [0.1, 0.15) is 17.5 Å². The Morgan fingerprint density at radius 2 is 1.48 bits per heavy atom. The molecule has 0 aromatic heterocycles. The van der Waals surface area contributed by atoms with Crippen molar-refractivity contribution in [1.29, 1.82) is 0 Å². The Kier molecular flexibility index (Phi) is 3.92. The van der Waals surface area contributed by atoms with E-state index in [9.17, 15) is 4.79 Å². The second-order valence-electron chi connectivity index (χ2n) is 5.06. The average Bonchev–Trinajstić information content (AvgIpc) is 2.56. The lowest BCUT2D eigenvalue weighted by atomic mass is 9.88. The molecule has 1 aliphatic rings. The summed E-state index contributed by atoms with van der Waals surface area (Å²) in [4.78, 5) is 11.3. The molecule has 0 saturated heterocycles. The van der Waals surface area contributed by atoms with E-state index >= 15 is 0 Å². The first-order chi connectivity index (χ1) is 10.4. The molecular weight excluding hydrogens is 256 g/mol. The second-order valence-corrected chi connectivity index (χ2v) is 5.06. The summed E-state index contributed by atoms with van der Waals surface area (Å²) in [6.07, 6.45) is 7.83. The third-order valence-electron chi connectivity index (χ3n) is 3.61. The standard InChI is InChI=1S/C20H16O/c21-15-19-12-11-17(13-16-7-3-1-4-8-16)14-20(19)18-9-5-2-6-10-18/h1-13,15H,14H2. The van der Waals surface area contributed by atoms with Crippen LogP contribution in [-0.2, 0) is 4.79 Å². The van der Waals surface area contributed by atoms with Crippen LogP contribution in [-0.4, -0.2) is 6.29 Å². The highest BCUT2D eigenvalue weighted by Gasteiger charge is 2.12. The molecule has 21 heavy (non-hydrogen) atoms. The van der Waals surface area contributed by atoms with Crippen LogP contribution in [0, 0.1) is 0 Å². The van der Waals surface area contributed by atoms with Gasteiger partial charge in [0, 0.05) is 5.57 Å². The number of allylic oxidation sites excluding steroid dienone is 5. The van der Waals surface area contributed by atoms with Crippen molar-refractivity contribution in [3.05, 3.63) is 95.1 Å². The first kappa shape index (κ1) is 13.3. The predicted molar refractivity (Wildman–Crippen MR) is 87.6 cm³/mol. The first-order valence-corrected chi connectivity index (χ1v) is 7.04. The fourth-order valence-electron chi connectivity index (χ4n) is 2.54. The molecule has 2 aromatic rings. The summed E-state index contributed by atoms with van der Waals surface area (Å²) in [7, 11) is 0. The van der Waals surface area contributed by atoms with E-state index in [1.165, 1.54) is 11.1 Å². The molecule has 1 nitrogen and oxygen atoms in total. The normalized spacial score (nSPS) is 16.3. The Bertz CT molecular complexity index is 719. The molecule has 0 bridgehead atoms. The van der Waals surface area contributed by atoms with E-state index in [-0.39, 0.29) is 0 Å². The molecule has 2 aromatic carbocycles. The summed E-state index contributed by atoms with van der Waals surface area (Å²) in [6.45, 7) is 0. The second kappa shape index (κ2) is 6.19. The van der Waals surface area contributed by atoms with Crippen molar-refractivity contribution in [2.75, 3.05) is 0 Å². The van der Waals surface area contributed by atoms with Crippen LogP contribution >= 0.6 is 0 Å². The van der Waals surface area contributed by atoms with Crippen LogP contribution in [0.15, 0.2) is 84.0 Å². The van der Waals surface area contributed by atoms with Crippen LogP contribution in [0.3, 0.4) is 0 Å². The Balaban J connectivity index is 1.96. The predicted octanol–water partition coefficient (Wildman–Crippen LogP) is 4.68. The SMILES string of the molecule is O=CC1=C(c2ccccc2)CC(=Cc2ccccc2)C=C1. The van der Waals surface area contributed by atoms with E-state index in [1.54, 1.807) is 0 Å². The number of carbonyl (C=O) groups excluding carboxylic acids is 1. The molecule has 0 amide bonds. The van der Waals surface area contributed by atoms with Gasteiger partial charge in [0.15, 0.2) is 0 Å². The minimum atomic E-state index is 0.770. The monoisotopic (exact) mass is 272 g/mol. The Morgan fingerprint density at radius 1 is 0.810 bits per heavy atom. The molecule has 0 unspecified atom stereocenters. The maximum Gasteiger partial charge on any atom is 0.150 e. The van der Waals surface area contributed by atoms with Crippen LogP contribution < -0.4 is 0 Å². The van der Waals surface area contributed by atoms with E-state index in [0.717, 1.165) is 29.4 Å². The molecule has 0 aliphatic heterocycles. The van der Waals surface area contributed by atoms with Crippen molar-refractivity contribution in [3.8, 4) is 0 Å². The van der Waals surface area contributed by atoms with Crippen LogP contribution in [0.25, 0.3) is 11.6 Å². The maximum absolute atomic E-state index is 11.3. The number of rotatable bonds is 3.